The predicted octanol–water partition coefficient (Wildman–Crippen LogP) is 10.7. The molecule has 0 unspecified atom stereocenters. The highest BCUT2D eigenvalue weighted by molar-refractivity contribution is 5.37. The number of nitrogens with zero attached hydrogens (tertiary/aromatic N) is 2. The Hall–Kier alpha value is -2.94. The zero-order chi connectivity index (χ0) is 39.9. The van der Waals surface area contributed by atoms with Crippen LogP contribution in [0.25, 0.3) is 0 Å². The van der Waals surface area contributed by atoms with Crippen LogP contribution >= 0.6 is 0 Å². The maximum atomic E-state index is 14.2. The molecule has 300 valence electrons. The molecule has 4 atom stereocenters. The standard InChI is InChI=1S/C32H30F18N2O/c33-27(34,35)21-7-19(8-22(11-21)28(36,37)38)17-3-1-5-51(13-17)15-25(31(45,46)47)53-26(32(48,49)50)16-52-6-2-4-18(14-52)20-9-23(29(39,40)41)12-24(10-20)30(42,43)44/h7-12,17-18,25-26H,1-6,13-16H2/t17-,18-,25-,26-/m0/s1. The van der Waals surface area contributed by atoms with Gasteiger partial charge >= 0.3 is 37.1 Å². The van der Waals surface area contributed by atoms with Crippen LogP contribution in [0.3, 0.4) is 0 Å². The second-order valence-electron chi connectivity index (χ2n) is 13.1. The van der Waals surface area contributed by atoms with Gasteiger partial charge in [0.25, 0.3) is 0 Å². The first kappa shape index (κ1) is 42.8. The maximum Gasteiger partial charge on any atom is 0.416 e. The summed E-state index contributed by atoms with van der Waals surface area (Å²) in [6.45, 7) is -4.14. The summed E-state index contributed by atoms with van der Waals surface area (Å²) in [7, 11) is 0. The molecule has 2 heterocycles. The minimum absolute atomic E-state index is 0.0453. The molecule has 4 rings (SSSR count). The van der Waals surface area contributed by atoms with Crippen molar-refractivity contribution in [2.45, 2.75) is 86.8 Å². The minimum Gasteiger partial charge on any atom is -0.353 e. The van der Waals surface area contributed by atoms with Crippen molar-refractivity contribution in [3.63, 3.8) is 0 Å². The van der Waals surface area contributed by atoms with Crippen molar-refractivity contribution in [3.05, 3.63) is 69.8 Å². The van der Waals surface area contributed by atoms with Gasteiger partial charge in [0, 0.05) is 26.2 Å². The van der Waals surface area contributed by atoms with Gasteiger partial charge in [-0.05, 0) is 98.1 Å². The van der Waals surface area contributed by atoms with Crippen molar-refractivity contribution in [1.82, 2.24) is 9.80 Å². The van der Waals surface area contributed by atoms with E-state index >= 15 is 0 Å². The summed E-state index contributed by atoms with van der Waals surface area (Å²) in [6, 6.07) is 1.45. The van der Waals surface area contributed by atoms with Crippen LogP contribution in [0.15, 0.2) is 36.4 Å². The van der Waals surface area contributed by atoms with E-state index in [2.05, 4.69) is 4.74 Å². The molecule has 2 aliphatic rings. The van der Waals surface area contributed by atoms with Gasteiger partial charge < -0.3 is 4.74 Å². The number of ether oxygens (including phenoxy) is 1. The Morgan fingerprint density at radius 1 is 0.472 bits per heavy atom. The largest absolute Gasteiger partial charge is 0.416 e. The first-order chi connectivity index (χ1) is 24.0. The molecule has 0 amide bonds. The van der Waals surface area contributed by atoms with Gasteiger partial charge in [-0.3, -0.25) is 9.80 Å². The summed E-state index contributed by atoms with van der Waals surface area (Å²) < 4.78 is 250. The van der Waals surface area contributed by atoms with Crippen LogP contribution in [0.1, 0.15) is 70.9 Å². The molecule has 2 aromatic carbocycles. The van der Waals surface area contributed by atoms with Gasteiger partial charge in [-0.25, -0.2) is 0 Å². The molecule has 2 fully saturated rings. The molecule has 2 aromatic rings. The van der Waals surface area contributed by atoms with Crippen LogP contribution < -0.4 is 0 Å². The Balaban J connectivity index is 1.53. The summed E-state index contributed by atoms with van der Waals surface area (Å²) in [5.41, 5.74) is -7.60. The van der Waals surface area contributed by atoms with Crippen LogP contribution in [0.2, 0.25) is 0 Å². The van der Waals surface area contributed by atoms with Crippen molar-refractivity contribution >= 4 is 0 Å². The third-order valence-electron chi connectivity index (χ3n) is 9.08. The Morgan fingerprint density at radius 2 is 0.755 bits per heavy atom. The maximum absolute atomic E-state index is 14.2. The second-order valence-corrected chi connectivity index (χ2v) is 13.1. The molecule has 0 saturated carbocycles. The van der Waals surface area contributed by atoms with Crippen molar-refractivity contribution in [3.8, 4) is 0 Å². The van der Waals surface area contributed by atoms with Crippen molar-refractivity contribution in [2.75, 3.05) is 39.3 Å². The van der Waals surface area contributed by atoms with Gasteiger partial charge in [0.05, 0.1) is 22.3 Å². The van der Waals surface area contributed by atoms with Crippen LogP contribution in [-0.4, -0.2) is 73.6 Å². The molecule has 2 aliphatic heterocycles. The SMILES string of the molecule is FC(F)(F)c1cc([C@H]2CCCN(C[C@H](O[C@@H](CN3CCC[C@H](c4cc(C(F)(F)F)cc(C(F)(F)F)c4)C3)C(F)(F)F)C(F)(F)F)C2)cc(C(F)(F)F)c1. The molecule has 21 heteroatoms. The van der Waals surface area contributed by atoms with Gasteiger partial charge in [-0.2, -0.15) is 79.0 Å². The molecule has 0 spiro atoms. The van der Waals surface area contributed by atoms with Gasteiger partial charge in [-0.15, -0.1) is 0 Å². The topological polar surface area (TPSA) is 15.7 Å². The van der Waals surface area contributed by atoms with Crippen LogP contribution in [0.5, 0.6) is 0 Å². The Morgan fingerprint density at radius 3 is 1.00 bits per heavy atom. The molecular formula is C32H30F18N2O. The number of likely N-dealkylation sites (tertiary alicyclic amines) is 2. The molecule has 3 nitrogen and oxygen atoms in total. The Labute approximate surface area is 289 Å². The first-order valence-electron chi connectivity index (χ1n) is 15.8. The molecule has 53 heavy (non-hydrogen) atoms. The molecular weight excluding hydrogens is 770 g/mol. The van der Waals surface area contributed by atoms with E-state index < -0.39 is 121 Å². The number of hydrogen-bond donors (Lipinski definition) is 0. The van der Waals surface area contributed by atoms with E-state index in [9.17, 15) is 79.0 Å². The minimum atomic E-state index is -5.47. The Bertz CT molecular complexity index is 1360. The summed E-state index contributed by atoms with van der Waals surface area (Å²) >= 11 is 0. The summed E-state index contributed by atoms with van der Waals surface area (Å²) in [5.74, 6) is -2.34. The summed E-state index contributed by atoms with van der Waals surface area (Å²) in [6.07, 6.45) is -38.3. The number of halogens is 18. The zero-order valence-corrected chi connectivity index (χ0v) is 27.0. The summed E-state index contributed by atoms with van der Waals surface area (Å²) in [5, 5.41) is 0. The lowest BCUT2D eigenvalue weighted by Gasteiger charge is -2.39. The Kier molecular flexibility index (Phi) is 12.4. The highest BCUT2D eigenvalue weighted by Crippen LogP contribution is 2.42. The molecule has 0 aliphatic carbocycles. The van der Waals surface area contributed by atoms with Crippen LogP contribution in [0.4, 0.5) is 79.0 Å². The number of alkyl halides is 18. The smallest absolute Gasteiger partial charge is 0.353 e. The third kappa shape index (κ3) is 11.5. The van der Waals surface area contributed by atoms with E-state index in [1.807, 2.05) is 0 Å². The van der Waals surface area contributed by atoms with E-state index in [-0.39, 0.29) is 50.9 Å². The fourth-order valence-corrected chi connectivity index (χ4v) is 6.53. The normalized spacial score (nSPS) is 21.8. The quantitative estimate of drug-likeness (QED) is 0.247. The van der Waals surface area contributed by atoms with Crippen molar-refractivity contribution < 1.29 is 83.8 Å². The van der Waals surface area contributed by atoms with E-state index in [1.54, 1.807) is 0 Å². The average molecular weight is 801 g/mol. The number of hydrogen-bond acceptors (Lipinski definition) is 3. The zero-order valence-electron chi connectivity index (χ0n) is 27.0. The molecule has 0 radical (unpaired) electrons. The van der Waals surface area contributed by atoms with Gasteiger partial charge in [-0.1, -0.05) is 0 Å². The number of piperidine rings is 2. The fourth-order valence-electron chi connectivity index (χ4n) is 6.53. The van der Waals surface area contributed by atoms with E-state index in [4.69, 9.17) is 0 Å². The fraction of sp³-hybridized carbons (Fsp3) is 0.625. The predicted molar refractivity (Wildman–Crippen MR) is 150 cm³/mol. The monoisotopic (exact) mass is 800 g/mol. The third-order valence-corrected chi connectivity index (χ3v) is 9.08. The number of rotatable bonds is 8. The van der Waals surface area contributed by atoms with Gasteiger partial charge in [0.1, 0.15) is 0 Å². The average Bonchev–Trinajstić information content (AvgIpc) is 3.01. The summed E-state index contributed by atoms with van der Waals surface area (Å²) in [4.78, 5) is 1.83. The van der Waals surface area contributed by atoms with E-state index in [1.165, 1.54) is 0 Å². The van der Waals surface area contributed by atoms with Crippen LogP contribution in [-0.2, 0) is 29.4 Å². The lowest BCUT2D eigenvalue weighted by molar-refractivity contribution is -0.290. The highest BCUT2D eigenvalue weighted by atomic mass is 19.4. The molecule has 0 aromatic heterocycles. The second kappa shape index (κ2) is 15.3. The van der Waals surface area contributed by atoms with Gasteiger partial charge in [0.15, 0.2) is 12.2 Å². The molecule has 2 saturated heterocycles. The van der Waals surface area contributed by atoms with E-state index in [0.717, 1.165) is 9.80 Å². The van der Waals surface area contributed by atoms with Crippen molar-refractivity contribution in [1.29, 1.82) is 0 Å². The highest BCUT2D eigenvalue weighted by Gasteiger charge is 2.50. The molecule has 0 bridgehead atoms. The van der Waals surface area contributed by atoms with Crippen molar-refractivity contribution in [2.24, 2.45) is 0 Å². The molecule has 0 N–H and O–H groups in total. The van der Waals surface area contributed by atoms with Gasteiger partial charge in [0.2, 0.25) is 0 Å². The lowest BCUT2D eigenvalue weighted by atomic mass is 9.88. The van der Waals surface area contributed by atoms with E-state index in [0.29, 0.717) is 24.3 Å². The number of benzene rings is 2. The van der Waals surface area contributed by atoms with Crippen LogP contribution in [0, 0.1) is 0 Å². The lowest BCUT2D eigenvalue weighted by Crippen LogP contribution is -2.52. The first-order valence-corrected chi connectivity index (χ1v) is 15.8.